The Labute approximate surface area is 140 Å². The standard InChI is InChI=1S/C16H12F3N3O3/c1-24-13-3-2-9(6-20)4-10(13)7-21-14(23)11-5-12(17)15(22-8-11)25-16(18)19/h2-5,8,16H,7H2,1H3,(H,21,23). The number of hydrogen-bond acceptors (Lipinski definition) is 5. The van der Waals surface area contributed by atoms with Gasteiger partial charge in [0, 0.05) is 18.3 Å². The minimum atomic E-state index is -3.22. The van der Waals surface area contributed by atoms with Gasteiger partial charge in [-0.25, -0.2) is 9.37 Å². The molecule has 9 heteroatoms. The number of aromatic nitrogens is 1. The second-order valence-electron chi connectivity index (χ2n) is 4.71. The van der Waals surface area contributed by atoms with Crippen LogP contribution in [0.15, 0.2) is 30.5 Å². The maximum Gasteiger partial charge on any atom is 0.388 e. The lowest BCUT2D eigenvalue weighted by molar-refractivity contribution is -0.0553. The molecule has 0 bridgehead atoms. The first-order chi connectivity index (χ1) is 11.9. The van der Waals surface area contributed by atoms with Gasteiger partial charge in [-0.2, -0.15) is 14.0 Å². The summed E-state index contributed by atoms with van der Waals surface area (Å²) in [6.07, 6.45) is 0.916. The first kappa shape index (κ1) is 18.1. The summed E-state index contributed by atoms with van der Waals surface area (Å²) in [5.41, 5.74) is 0.752. The van der Waals surface area contributed by atoms with Crippen LogP contribution in [-0.2, 0) is 6.54 Å². The van der Waals surface area contributed by atoms with Gasteiger partial charge in [0.25, 0.3) is 11.8 Å². The predicted octanol–water partition coefficient (Wildman–Crippen LogP) is 2.63. The summed E-state index contributed by atoms with van der Waals surface area (Å²) in [7, 11) is 1.44. The Morgan fingerprint density at radius 3 is 2.76 bits per heavy atom. The molecule has 1 heterocycles. The highest BCUT2D eigenvalue weighted by atomic mass is 19.3. The van der Waals surface area contributed by atoms with E-state index < -0.39 is 24.2 Å². The summed E-state index contributed by atoms with van der Waals surface area (Å²) in [6.45, 7) is -3.21. The van der Waals surface area contributed by atoms with Crippen LogP contribution in [-0.4, -0.2) is 24.6 Å². The number of halogens is 3. The molecule has 2 rings (SSSR count). The fraction of sp³-hybridized carbons (Fsp3) is 0.188. The van der Waals surface area contributed by atoms with Gasteiger partial charge in [0.2, 0.25) is 0 Å². The molecular weight excluding hydrogens is 339 g/mol. The van der Waals surface area contributed by atoms with Crippen molar-refractivity contribution in [1.82, 2.24) is 10.3 Å². The monoisotopic (exact) mass is 351 g/mol. The van der Waals surface area contributed by atoms with Gasteiger partial charge in [0.05, 0.1) is 24.3 Å². The molecule has 130 valence electrons. The SMILES string of the molecule is COc1ccc(C#N)cc1CNC(=O)c1cnc(OC(F)F)c(F)c1. The number of benzene rings is 1. The zero-order chi connectivity index (χ0) is 18.4. The fourth-order valence-electron chi connectivity index (χ4n) is 1.98. The first-order valence-corrected chi connectivity index (χ1v) is 6.90. The Morgan fingerprint density at radius 2 is 2.16 bits per heavy atom. The lowest BCUT2D eigenvalue weighted by Gasteiger charge is -2.11. The molecule has 0 fully saturated rings. The van der Waals surface area contributed by atoms with E-state index >= 15 is 0 Å². The van der Waals surface area contributed by atoms with Crippen molar-refractivity contribution in [3.05, 3.63) is 53.0 Å². The molecule has 1 aromatic heterocycles. The minimum absolute atomic E-state index is 0.00836. The molecule has 1 amide bonds. The summed E-state index contributed by atoms with van der Waals surface area (Å²) < 4.78 is 46.7. The summed E-state index contributed by atoms with van der Waals surface area (Å²) in [5.74, 6) is -2.30. The normalized spacial score (nSPS) is 10.2. The molecule has 0 spiro atoms. The molecule has 0 aliphatic carbocycles. The number of carbonyl (C=O) groups is 1. The van der Waals surface area contributed by atoms with Crippen LogP contribution in [0.5, 0.6) is 11.6 Å². The molecule has 0 unspecified atom stereocenters. The quantitative estimate of drug-likeness (QED) is 0.865. The van der Waals surface area contributed by atoms with Crippen LogP contribution in [0.2, 0.25) is 0 Å². The lowest BCUT2D eigenvalue weighted by Crippen LogP contribution is -2.23. The van der Waals surface area contributed by atoms with Crippen LogP contribution in [0.25, 0.3) is 0 Å². The Morgan fingerprint density at radius 1 is 1.40 bits per heavy atom. The zero-order valence-corrected chi connectivity index (χ0v) is 12.9. The Kier molecular flexibility index (Phi) is 5.79. The molecule has 0 radical (unpaired) electrons. The number of methoxy groups -OCH3 is 1. The van der Waals surface area contributed by atoms with Crippen molar-refractivity contribution in [2.75, 3.05) is 7.11 Å². The van der Waals surface area contributed by atoms with Crippen molar-refractivity contribution in [3.63, 3.8) is 0 Å². The van der Waals surface area contributed by atoms with Crippen molar-refractivity contribution in [2.24, 2.45) is 0 Å². The average Bonchev–Trinajstić information content (AvgIpc) is 2.60. The smallest absolute Gasteiger partial charge is 0.388 e. The number of nitrogens with one attached hydrogen (secondary N) is 1. The molecule has 0 atom stereocenters. The van der Waals surface area contributed by atoms with E-state index in [4.69, 9.17) is 10.00 Å². The third kappa shape index (κ3) is 4.60. The molecule has 0 saturated carbocycles. The number of alkyl halides is 2. The van der Waals surface area contributed by atoms with E-state index in [0.29, 0.717) is 16.9 Å². The average molecular weight is 351 g/mol. The first-order valence-electron chi connectivity index (χ1n) is 6.90. The van der Waals surface area contributed by atoms with E-state index in [1.165, 1.54) is 13.2 Å². The maximum absolute atomic E-state index is 13.6. The lowest BCUT2D eigenvalue weighted by atomic mass is 10.1. The largest absolute Gasteiger partial charge is 0.496 e. The van der Waals surface area contributed by atoms with Crippen molar-refractivity contribution in [1.29, 1.82) is 5.26 Å². The Hall–Kier alpha value is -3.28. The molecular formula is C16H12F3N3O3. The molecule has 0 saturated heterocycles. The number of pyridine rings is 1. The zero-order valence-electron chi connectivity index (χ0n) is 12.9. The third-order valence-corrected chi connectivity index (χ3v) is 3.12. The Balaban J connectivity index is 2.10. The second-order valence-corrected chi connectivity index (χ2v) is 4.71. The van der Waals surface area contributed by atoms with Crippen LogP contribution in [0.1, 0.15) is 21.5 Å². The number of nitriles is 1. The highest BCUT2D eigenvalue weighted by Crippen LogP contribution is 2.20. The molecule has 1 N–H and O–H groups in total. The van der Waals surface area contributed by atoms with Crippen LogP contribution in [0.3, 0.4) is 0 Å². The van der Waals surface area contributed by atoms with E-state index in [1.54, 1.807) is 12.1 Å². The van der Waals surface area contributed by atoms with Gasteiger partial charge in [0.15, 0.2) is 5.82 Å². The van der Waals surface area contributed by atoms with Gasteiger partial charge in [-0.05, 0) is 24.3 Å². The molecule has 2 aromatic rings. The van der Waals surface area contributed by atoms with E-state index in [1.807, 2.05) is 6.07 Å². The molecule has 0 aliphatic heterocycles. The predicted molar refractivity (Wildman–Crippen MR) is 79.7 cm³/mol. The van der Waals surface area contributed by atoms with Crippen LogP contribution in [0.4, 0.5) is 13.2 Å². The van der Waals surface area contributed by atoms with Crippen molar-refractivity contribution in [3.8, 4) is 17.7 Å². The topological polar surface area (TPSA) is 84.2 Å². The second kappa shape index (κ2) is 8.01. The molecule has 25 heavy (non-hydrogen) atoms. The van der Waals surface area contributed by atoms with E-state index in [9.17, 15) is 18.0 Å². The van der Waals surface area contributed by atoms with Gasteiger partial charge in [-0.15, -0.1) is 0 Å². The summed E-state index contributed by atoms with van der Waals surface area (Å²) >= 11 is 0. The maximum atomic E-state index is 13.6. The highest BCUT2D eigenvalue weighted by molar-refractivity contribution is 5.93. The minimum Gasteiger partial charge on any atom is -0.496 e. The van der Waals surface area contributed by atoms with Gasteiger partial charge in [-0.1, -0.05) is 0 Å². The van der Waals surface area contributed by atoms with Gasteiger partial charge < -0.3 is 14.8 Å². The van der Waals surface area contributed by atoms with E-state index in [-0.39, 0.29) is 12.1 Å². The van der Waals surface area contributed by atoms with Gasteiger partial charge in [0.1, 0.15) is 5.75 Å². The number of nitrogens with zero attached hydrogens (tertiary/aromatic N) is 2. The molecule has 1 aromatic carbocycles. The van der Waals surface area contributed by atoms with Crippen molar-refractivity contribution < 1.29 is 27.4 Å². The molecule has 0 aliphatic rings. The number of carbonyl (C=O) groups excluding carboxylic acids is 1. The highest BCUT2D eigenvalue weighted by Gasteiger charge is 2.15. The number of ether oxygens (including phenoxy) is 2. The summed E-state index contributed by atoms with van der Waals surface area (Å²) in [5, 5.41) is 11.4. The Bertz CT molecular complexity index is 822. The van der Waals surface area contributed by atoms with Crippen LogP contribution >= 0.6 is 0 Å². The van der Waals surface area contributed by atoms with Crippen LogP contribution in [0, 0.1) is 17.1 Å². The van der Waals surface area contributed by atoms with Gasteiger partial charge >= 0.3 is 6.61 Å². The van der Waals surface area contributed by atoms with Gasteiger partial charge in [-0.3, -0.25) is 4.79 Å². The van der Waals surface area contributed by atoms with E-state index in [2.05, 4.69) is 15.0 Å². The van der Waals surface area contributed by atoms with Crippen molar-refractivity contribution >= 4 is 5.91 Å². The van der Waals surface area contributed by atoms with Crippen molar-refractivity contribution in [2.45, 2.75) is 13.2 Å². The number of hydrogen-bond donors (Lipinski definition) is 1. The van der Waals surface area contributed by atoms with E-state index in [0.717, 1.165) is 12.3 Å². The van der Waals surface area contributed by atoms with Crippen LogP contribution < -0.4 is 14.8 Å². The summed E-state index contributed by atoms with van der Waals surface area (Å²) in [6, 6.07) is 7.38. The molecule has 6 nitrogen and oxygen atoms in total. The third-order valence-electron chi connectivity index (χ3n) is 3.12. The fourth-order valence-corrected chi connectivity index (χ4v) is 1.98. The summed E-state index contributed by atoms with van der Waals surface area (Å²) in [4.78, 5) is 15.4. The number of amides is 1. The number of rotatable bonds is 6.